The fourth-order valence-electron chi connectivity index (χ4n) is 5.02. The number of nitrogens with zero attached hydrogens (tertiary/aromatic N) is 1. The SMILES string of the molecule is COc1ccsc1CNCCC1(c2ccccn2)CCOC2(CCCC2)CC1.Cl. The van der Waals surface area contributed by atoms with Crippen molar-refractivity contribution in [2.45, 2.75) is 68.9 Å². The number of pyridine rings is 1. The Morgan fingerprint density at radius 1 is 1.14 bits per heavy atom. The standard InChI is InChI=1S/C23H32N2O2S.ClH/c1-26-19-7-17-28-20(19)18-24-15-12-22(21-6-2-5-14-25-21)10-11-23(27-16-13-22)8-3-4-9-23;/h2,5-7,14,17,24H,3-4,8-13,15-16,18H2,1H3;1H. The number of halogens is 1. The lowest BCUT2D eigenvalue weighted by atomic mass is 9.73. The van der Waals surface area contributed by atoms with Crippen LogP contribution in [-0.2, 0) is 16.7 Å². The van der Waals surface area contributed by atoms with Crippen LogP contribution < -0.4 is 10.1 Å². The molecule has 29 heavy (non-hydrogen) atoms. The van der Waals surface area contributed by atoms with Crippen molar-refractivity contribution >= 4 is 23.7 Å². The third-order valence-corrected chi connectivity index (χ3v) is 7.66. The van der Waals surface area contributed by atoms with Crippen molar-refractivity contribution in [1.82, 2.24) is 10.3 Å². The molecule has 0 amide bonds. The molecule has 1 unspecified atom stereocenters. The van der Waals surface area contributed by atoms with E-state index < -0.39 is 0 Å². The van der Waals surface area contributed by atoms with Crippen molar-refractivity contribution in [3.8, 4) is 5.75 Å². The molecular formula is C23H33ClN2O2S. The van der Waals surface area contributed by atoms with Gasteiger partial charge >= 0.3 is 0 Å². The van der Waals surface area contributed by atoms with Gasteiger partial charge in [-0.05, 0) is 68.6 Å². The van der Waals surface area contributed by atoms with Crippen molar-refractivity contribution in [3.05, 3.63) is 46.4 Å². The second kappa shape index (κ2) is 10.3. The van der Waals surface area contributed by atoms with E-state index in [1.807, 2.05) is 18.3 Å². The summed E-state index contributed by atoms with van der Waals surface area (Å²) in [4.78, 5) is 6.05. The summed E-state index contributed by atoms with van der Waals surface area (Å²) >= 11 is 1.75. The van der Waals surface area contributed by atoms with Crippen LogP contribution in [0.4, 0.5) is 0 Å². The molecule has 1 spiro atoms. The maximum Gasteiger partial charge on any atom is 0.134 e. The predicted molar refractivity (Wildman–Crippen MR) is 121 cm³/mol. The quantitative estimate of drug-likeness (QED) is 0.581. The summed E-state index contributed by atoms with van der Waals surface area (Å²) in [6.45, 7) is 2.69. The smallest absolute Gasteiger partial charge is 0.134 e. The Morgan fingerprint density at radius 3 is 2.76 bits per heavy atom. The number of methoxy groups -OCH3 is 1. The molecule has 1 aliphatic heterocycles. The number of thiophene rings is 1. The van der Waals surface area contributed by atoms with Gasteiger partial charge in [0, 0.05) is 30.5 Å². The van der Waals surface area contributed by atoms with Crippen LogP contribution in [0.5, 0.6) is 5.75 Å². The molecule has 1 atom stereocenters. The molecule has 0 aromatic carbocycles. The average molecular weight is 437 g/mol. The zero-order chi connectivity index (χ0) is 19.3. The zero-order valence-corrected chi connectivity index (χ0v) is 19.0. The summed E-state index contributed by atoms with van der Waals surface area (Å²) in [6, 6.07) is 8.41. The molecule has 3 heterocycles. The molecule has 6 heteroatoms. The molecule has 160 valence electrons. The number of ether oxygens (including phenoxy) is 2. The molecule has 1 aliphatic carbocycles. The molecule has 0 radical (unpaired) electrons. The summed E-state index contributed by atoms with van der Waals surface area (Å²) < 4.78 is 11.9. The third kappa shape index (κ3) is 5.13. The lowest BCUT2D eigenvalue weighted by molar-refractivity contribution is -0.0373. The van der Waals surface area contributed by atoms with Gasteiger partial charge in [0.2, 0.25) is 0 Å². The highest BCUT2D eigenvalue weighted by atomic mass is 35.5. The predicted octanol–water partition coefficient (Wildman–Crippen LogP) is 5.50. The summed E-state index contributed by atoms with van der Waals surface area (Å²) in [5.74, 6) is 0.989. The minimum absolute atomic E-state index is 0. The van der Waals surface area contributed by atoms with E-state index in [1.54, 1.807) is 18.4 Å². The first-order valence-electron chi connectivity index (χ1n) is 10.6. The summed E-state index contributed by atoms with van der Waals surface area (Å²) in [6.07, 6.45) is 11.6. The van der Waals surface area contributed by atoms with E-state index in [0.717, 1.165) is 38.3 Å². The largest absolute Gasteiger partial charge is 0.496 e. The Balaban J connectivity index is 0.00000240. The molecule has 1 saturated carbocycles. The van der Waals surface area contributed by atoms with Crippen LogP contribution in [0, 0.1) is 0 Å². The van der Waals surface area contributed by atoms with E-state index in [2.05, 4.69) is 22.8 Å². The number of rotatable bonds is 7. The number of nitrogens with one attached hydrogen (secondary N) is 1. The van der Waals surface area contributed by atoms with Crippen LogP contribution >= 0.6 is 23.7 Å². The fraction of sp³-hybridized carbons (Fsp3) is 0.609. The first-order chi connectivity index (χ1) is 13.8. The summed E-state index contributed by atoms with van der Waals surface area (Å²) in [7, 11) is 1.74. The monoisotopic (exact) mass is 436 g/mol. The number of hydrogen-bond donors (Lipinski definition) is 1. The fourth-order valence-corrected chi connectivity index (χ4v) is 5.83. The van der Waals surface area contributed by atoms with Gasteiger partial charge in [-0.2, -0.15) is 0 Å². The molecule has 0 bridgehead atoms. The number of aromatic nitrogens is 1. The van der Waals surface area contributed by atoms with Gasteiger partial charge in [0.1, 0.15) is 5.75 Å². The van der Waals surface area contributed by atoms with Crippen LogP contribution in [0.15, 0.2) is 35.8 Å². The first kappa shape index (κ1) is 22.5. The molecule has 4 rings (SSSR count). The van der Waals surface area contributed by atoms with E-state index in [0.29, 0.717) is 0 Å². The van der Waals surface area contributed by atoms with Crippen LogP contribution in [0.25, 0.3) is 0 Å². The molecule has 2 aromatic heterocycles. The maximum atomic E-state index is 6.46. The summed E-state index contributed by atoms with van der Waals surface area (Å²) in [5, 5.41) is 5.74. The van der Waals surface area contributed by atoms with Gasteiger partial charge in [-0.25, -0.2) is 0 Å². The van der Waals surface area contributed by atoms with Gasteiger partial charge < -0.3 is 14.8 Å². The van der Waals surface area contributed by atoms with Crippen LogP contribution in [0.2, 0.25) is 0 Å². The van der Waals surface area contributed by atoms with E-state index >= 15 is 0 Å². The zero-order valence-electron chi connectivity index (χ0n) is 17.3. The van der Waals surface area contributed by atoms with Crippen molar-refractivity contribution in [1.29, 1.82) is 0 Å². The van der Waals surface area contributed by atoms with Gasteiger partial charge in [-0.3, -0.25) is 4.98 Å². The second-order valence-electron chi connectivity index (χ2n) is 8.32. The average Bonchev–Trinajstić information content (AvgIpc) is 3.34. The minimum atomic E-state index is 0. The first-order valence-corrected chi connectivity index (χ1v) is 11.5. The number of hydrogen-bond acceptors (Lipinski definition) is 5. The Bertz CT molecular complexity index is 748. The molecule has 1 N–H and O–H groups in total. The highest BCUT2D eigenvalue weighted by Gasteiger charge is 2.43. The maximum absolute atomic E-state index is 6.46. The van der Waals surface area contributed by atoms with E-state index in [9.17, 15) is 0 Å². The normalized spacial score (nSPS) is 23.5. The Hall–Kier alpha value is -1.14. The van der Waals surface area contributed by atoms with Crippen molar-refractivity contribution in [2.75, 3.05) is 20.3 Å². The highest BCUT2D eigenvalue weighted by molar-refractivity contribution is 7.10. The molecule has 2 aliphatic rings. The summed E-state index contributed by atoms with van der Waals surface area (Å²) in [5.41, 5.74) is 1.50. The van der Waals surface area contributed by atoms with Crippen LogP contribution in [-0.4, -0.2) is 30.8 Å². The van der Waals surface area contributed by atoms with Gasteiger partial charge in [0.05, 0.1) is 17.6 Å². The lowest BCUT2D eigenvalue weighted by Crippen LogP contribution is -2.33. The van der Waals surface area contributed by atoms with E-state index in [1.165, 1.54) is 49.1 Å². The van der Waals surface area contributed by atoms with E-state index in [4.69, 9.17) is 14.5 Å². The Morgan fingerprint density at radius 2 is 2.00 bits per heavy atom. The van der Waals surface area contributed by atoms with Gasteiger partial charge in [0.15, 0.2) is 0 Å². The lowest BCUT2D eigenvalue weighted by Gasteiger charge is -2.33. The molecule has 2 fully saturated rings. The van der Waals surface area contributed by atoms with E-state index in [-0.39, 0.29) is 23.4 Å². The Kier molecular flexibility index (Phi) is 7.97. The van der Waals surface area contributed by atoms with Crippen molar-refractivity contribution in [2.24, 2.45) is 0 Å². The van der Waals surface area contributed by atoms with Crippen molar-refractivity contribution < 1.29 is 9.47 Å². The second-order valence-corrected chi connectivity index (χ2v) is 9.32. The molecule has 1 saturated heterocycles. The minimum Gasteiger partial charge on any atom is -0.496 e. The van der Waals surface area contributed by atoms with Gasteiger partial charge in [-0.15, -0.1) is 23.7 Å². The molecular weight excluding hydrogens is 404 g/mol. The molecule has 2 aromatic rings. The van der Waals surface area contributed by atoms with Gasteiger partial charge in [0.25, 0.3) is 0 Å². The topological polar surface area (TPSA) is 43.4 Å². The highest BCUT2D eigenvalue weighted by Crippen LogP contribution is 2.46. The molecule has 4 nitrogen and oxygen atoms in total. The van der Waals surface area contributed by atoms with Crippen LogP contribution in [0.1, 0.15) is 61.9 Å². The van der Waals surface area contributed by atoms with Crippen molar-refractivity contribution in [3.63, 3.8) is 0 Å². The van der Waals surface area contributed by atoms with Crippen LogP contribution in [0.3, 0.4) is 0 Å². The Labute approximate surface area is 184 Å². The van der Waals surface area contributed by atoms with Gasteiger partial charge in [-0.1, -0.05) is 18.9 Å². The third-order valence-electron chi connectivity index (χ3n) is 6.76.